The highest BCUT2D eigenvalue weighted by atomic mass is 16.5. The van der Waals surface area contributed by atoms with E-state index in [9.17, 15) is 4.79 Å². The van der Waals surface area contributed by atoms with Crippen LogP contribution in [-0.2, 0) is 4.79 Å². The first-order valence-electron chi connectivity index (χ1n) is 9.92. The predicted octanol–water partition coefficient (Wildman–Crippen LogP) is 3.60. The molecule has 1 aliphatic heterocycles. The third kappa shape index (κ3) is 4.65. The van der Waals surface area contributed by atoms with Crippen LogP contribution in [-0.4, -0.2) is 58.2 Å². The Morgan fingerprint density at radius 1 is 1.07 bits per heavy atom. The van der Waals surface area contributed by atoms with Crippen molar-refractivity contribution in [2.45, 2.75) is 19.3 Å². The van der Waals surface area contributed by atoms with Crippen LogP contribution in [0.2, 0.25) is 0 Å². The Balaban J connectivity index is 1.71. The Kier molecular flexibility index (Phi) is 6.57. The fourth-order valence-electron chi connectivity index (χ4n) is 3.66. The van der Waals surface area contributed by atoms with Gasteiger partial charge in [0.15, 0.2) is 0 Å². The molecule has 1 aliphatic rings. The van der Waals surface area contributed by atoms with Crippen molar-refractivity contribution in [3.8, 4) is 5.75 Å². The quantitative estimate of drug-likeness (QED) is 0.734. The number of likely N-dealkylation sites (N-methyl/N-ethyl adjacent to an activating group) is 1. The lowest BCUT2D eigenvalue weighted by molar-refractivity contribution is -0.118. The first-order chi connectivity index (χ1) is 13.5. The maximum Gasteiger partial charge on any atom is 0.227 e. The number of ether oxygens (including phenoxy) is 1. The van der Waals surface area contributed by atoms with Gasteiger partial charge < -0.3 is 19.4 Å². The Hall–Kier alpha value is -2.53. The first-order valence-corrected chi connectivity index (χ1v) is 9.92. The van der Waals surface area contributed by atoms with E-state index in [1.54, 1.807) is 7.11 Å². The van der Waals surface area contributed by atoms with Crippen LogP contribution in [0.4, 0.5) is 11.4 Å². The van der Waals surface area contributed by atoms with E-state index in [-0.39, 0.29) is 11.8 Å². The van der Waals surface area contributed by atoms with Gasteiger partial charge in [-0.1, -0.05) is 31.2 Å². The van der Waals surface area contributed by atoms with Crippen molar-refractivity contribution in [2.75, 3.05) is 57.2 Å². The smallest absolute Gasteiger partial charge is 0.227 e. The number of amides is 1. The summed E-state index contributed by atoms with van der Waals surface area (Å²) in [7, 11) is 5.84. The summed E-state index contributed by atoms with van der Waals surface area (Å²) in [5.41, 5.74) is 3.34. The van der Waals surface area contributed by atoms with Crippen molar-refractivity contribution in [3.63, 3.8) is 0 Å². The molecule has 0 saturated heterocycles. The number of anilines is 2. The molecule has 0 spiro atoms. The second-order valence-corrected chi connectivity index (χ2v) is 7.70. The second-order valence-electron chi connectivity index (χ2n) is 7.70. The molecule has 2 aromatic carbocycles. The summed E-state index contributed by atoms with van der Waals surface area (Å²) in [5.74, 6) is 1.19. The molecule has 0 radical (unpaired) electrons. The molecule has 0 bridgehead atoms. The molecule has 3 rings (SSSR count). The number of benzene rings is 2. The number of hydrogen-bond acceptors (Lipinski definition) is 4. The maximum absolute atomic E-state index is 13.1. The number of fused-ring (bicyclic) bond motifs is 1. The minimum atomic E-state index is 0.164. The lowest BCUT2D eigenvalue weighted by Crippen LogP contribution is -2.46. The lowest BCUT2D eigenvalue weighted by atomic mass is 9.96. The number of methoxy groups -OCH3 is 1. The Morgan fingerprint density at radius 3 is 2.39 bits per heavy atom. The van der Waals surface area contributed by atoms with Gasteiger partial charge in [0.2, 0.25) is 5.91 Å². The number of rotatable bonds is 7. The van der Waals surface area contributed by atoms with E-state index in [2.05, 4.69) is 49.0 Å². The van der Waals surface area contributed by atoms with Gasteiger partial charge >= 0.3 is 0 Å². The van der Waals surface area contributed by atoms with Crippen molar-refractivity contribution in [1.29, 1.82) is 0 Å². The van der Waals surface area contributed by atoms with Crippen LogP contribution in [0, 0.1) is 0 Å². The molecule has 1 atom stereocenters. The fraction of sp³-hybridized carbons (Fsp3) is 0.435. The monoisotopic (exact) mass is 381 g/mol. The molecule has 0 aromatic heterocycles. The van der Waals surface area contributed by atoms with Crippen molar-refractivity contribution < 1.29 is 9.53 Å². The highest BCUT2D eigenvalue weighted by Crippen LogP contribution is 2.34. The van der Waals surface area contributed by atoms with E-state index in [1.165, 1.54) is 0 Å². The summed E-state index contributed by atoms with van der Waals surface area (Å²) >= 11 is 0. The topological polar surface area (TPSA) is 36.0 Å². The lowest BCUT2D eigenvalue weighted by Gasteiger charge is -2.38. The van der Waals surface area contributed by atoms with Gasteiger partial charge in [-0.3, -0.25) is 4.79 Å². The van der Waals surface area contributed by atoms with Gasteiger partial charge in [0.25, 0.3) is 0 Å². The predicted molar refractivity (Wildman–Crippen MR) is 116 cm³/mol. The van der Waals surface area contributed by atoms with Crippen LogP contribution in [0.1, 0.15) is 24.8 Å². The first kappa shape index (κ1) is 20.2. The zero-order chi connectivity index (χ0) is 20.1. The van der Waals surface area contributed by atoms with Crippen molar-refractivity contribution >= 4 is 17.3 Å². The van der Waals surface area contributed by atoms with Gasteiger partial charge in [-0.25, -0.2) is 0 Å². The van der Waals surface area contributed by atoms with Gasteiger partial charge in [0.1, 0.15) is 5.75 Å². The zero-order valence-corrected chi connectivity index (χ0v) is 17.4. The van der Waals surface area contributed by atoms with Crippen LogP contribution in [0.3, 0.4) is 0 Å². The molecule has 28 heavy (non-hydrogen) atoms. The van der Waals surface area contributed by atoms with E-state index in [4.69, 9.17) is 4.74 Å². The minimum Gasteiger partial charge on any atom is -0.497 e. The SMILES string of the molecule is COc1ccc(C(C)CC(=O)N2CCN(CCN(C)C)c3ccccc32)cc1. The number of carbonyl (C=O) groups excluding carboxylic acids is 1. The fourth-order valence-corrected chi connectivity index (χ4v) is 3.66. The number of hydrogen-bond donors (Lipinski definition) is 0. The van der Waals surface area contributed by atoms with Crippen molar-refractivity contribution in [2.24, 2.45) is 0 Å². The zero-order valence-electron chi connectivity index (χ0n) is 17.4. The molecule has 1 amide bonds. The summed E-state index contributed by atoms with van der Waals surface area (Å²) in [6, 6.07) is 16.2. The average Bonchev–Trinajstić information content (AvgIpc) is 2.71. The minimum absolute atomic E-state index is 0.164. The van der Waals surface area contributed by atoms with Gasteiger partial charge in [-0.2, -0.15) is 0 Å². The Morgan fingerprint density at radius 2 is 1.75 bits per heavy atom. The molecule has 0 fully saturated rings. The third-order valence-electron chi connectivity index (χ3n) is 5.39. The molecule has 2 aromatic rings. The molecule has 150 valence electrons. The Bertz CT molecular complexity index is 789. The number of carbonyl (C=O) groups is 1. The molecule has 1 unspecified atom stereocenters. The van der Waals surface area contributed by atoms with Crippen LogP contribution in [0.5, 0.6) is 5.75 Å². The van der Waals surface area contributed by atoms with E-state index >= 15 is 0 Å². The highest BCUT2D eigenvalue weighted by Gasteiger charge is 2.27. The molecule has 0 aliphatic carbocycles. The second kappa shape index (κ2) is 9.11. The summed E-state index contributed by atoms with van der Waals surface area (Å²) in [4.78, 5) is 19.6. The van der Waals surface area contributed by atoms with Crippen LogP contribution < -0.4 is 14.5 Å². The molecular formula is C23H31N3O2. The summed E-state index contributed by atoms with van der Waals surface area (Å²) in [6.45, 7) is 5.68. The van der Waals surface area contributed by atoms with E-state index in [0.29, 0.717) is 6.42 Å². The molecular weight excluding hydrogens is 350 g/mol. The molecule has 1 heterocycles. The summed E-state index contributed by atoms with van der Waals surface area (Å²) in [6.07, 6.45) is 0.498. The van der Waals surface area contributed by atoms with Crippen molar-refractivity contribution in [1.82, 2.24) is 4.90 Å². The average molecular weight is 382 g/mol. The standard InChI is InChI=1S/C23H31N3O2/c1-18(19-9-11-20(28-4)12-10-19)17-23(27)26-16-15-25(14-13-24(2)3)21-7-5-6-8-22(21)26/h5-12,18H,13-17H2,1-4H3. The van der Waals surface area contributed by atoms with Gasteiger partial charge in [-0.15, -0.1) is 0 Å². The number of nitrogens with zero attached hydrogens (tertiary/aromatic N) is 3. The van der Waals surface area contributed by atoms with Crippen LogP contribution >= 0.6 is 0 Å². The van der Waals surface area contributed by atoms with Crippen LogP contribution in [0.15, 0.2) is 48.5 Å². The normalized spacial score (nSPS) is 14.8. The van der Waals surface area contributed by atoms with Crippen LogP contribution in [0.25, 0.3) is 0 Å². The van der Waals surface area contributed by atoms with Gasteiger partial charge in [0, 0.05) is 32.6 Å². The Labute approximate surface area is 168 Å². The molecule has 0 N–H and O–H groups in total. The van der Waals surface area contributed by atoms with Crippen molar-refractivity contribution in [3.05, 3.63) is 54.1 Å². The molecule has 0 saturated carbocycles. The summed E-state index contributed by atoms with van der Waals surface area (Å²) < 4.78 is 5.23. The maximum atomic E-state index is 13.1. The van der Waals surface area contributed by atoms with E-state index < -0.39 is 0 Å². The third-order valence-corrected chi connectivity index (χ3v) is 5.39. The molecule has 5 nitrogen and oxygen atoms in total. The van der Waals surface area contributed by atoms with E-state index in [1.807, 2.05) is 35.2 Å². The van der Waals surface area contributed by atoms with Gasteiger partial charge in [-0.05, 0) is 49.8 Å². The molecule has 5 heteroatoms. The van der Waals surface area contributed by atoms with Gasteiger partial charge in [0.05, 0.1) is 18.5 Å². The number of para-hydroxylation sites is 2. The van der Waals surface area contributed by atoms with E-state index in [0.717, 1.165) is 48.9 Å². The highest BCUT2D eigenvalue weighted by molar-refractivity contribution is 5.98. The summed E-state index contributed by atoms with van der Waals surface area (Å²) in [5, 5.41) is 0. The largest absolute Gasteiger partial charge is 0.497 e.